The number of alkyl halides is 1. The lowest BCUT2D eigenvalue weighted by Crippen LogP contribution is -2.29. The standard InChI is InChI=1S/C12H17BrFNO2S/c1-2-10(6-7-13)9-15-18(16,17)12-5-3-4-11(14)8-12/h3-5,8,10,15H,2,6-7,9H2,1H3. The van der Waals surface area contributed by atoms with Crippen LogP contribution in [0.5, 0.6) is 0 Å². The molecule has 18 heavy (non-hydrogen) atoms. The number of rotatable bonds is 7. The maximum Gasteiger partial charge on any atom is 0.240 e. The fourth-order valence-electron chi connectivity index (χ4n) is 1.55. The molecule has 1 rings (SSSR count). The lowest BCUT2D eigenvalue weighted by atomic mass is 10.0. The Hall–Kier alpha value is -0.460. The zero-order valence-corrected chi connectivity index (χ0v) is 12.6. The first kappa shape index (κ1) is 15.6. The van der Waals surface area contributed by atoms with Crippen molar-refractivity contribution in [2.45, 2.75) is 24.7 Å². The molecule has 0 radical (unpaired) electrons. The Morgan fingerprint density at radius 1 is 1.44 bits per heavy atom. The number of hydrogen-bond donors (Lipinski definition) is 1. The summed E-state index contributed by atoms with van der Waals surface area (Å²) >= 11 is 3.34. The Labute approximate surface area is 116 Å². The molecule has 1 atom stereocenters. The van der Waals surface area contributed by atoms with Gasteiger partial charge in [-0.2, -0.15) is 0 Å². The molecule has 0 fully saturated rings. The monoisotopic (exact) mass is 337 g/mol. The molecule has 0 aromatic heterocycles. The molecule has 3 nitrogen and oxygen atoms in total. The van der Waals surface area contributed by atoms with Crippen LogP contribution in [0, 0.1) is 11.7 Å². The fraction of sp³-hybridized carbons (Fsp3) is 0.500. The minimum absolute atomic E-state index is 0.0313. The Morgan fingerprint density at radius 3 is 2.72 bits per heavy atom. The van der Waals surface area contributed by atoms with Crippen molar-refractivity contribution in [1.82, 2.24) is 4.72 Å². The molecule has 0 aliphatic heterocycles. The molecule has 102 valence electrons. The first-order valence-electron chi connectivity index (χ1n) is 5.80. The van der Waals surface area contributed by atoms with Crippen molar-refractivity contribution < 1.29 is 12.8 Å². The van der Waals surface area contributed by atoms with E-state index in [0.717, 1.165) is 24.2 Å². The van der Waals surface area contributed by atoms with E-state index in [1.807, 2.05) is 6.92 Å². The van der Waals surface area contributed by atoms with Gasteiger partial charge >= 0.3 is 0 Å². The van der Waals surface area contributed by atoms with Crippen molar-refractivity contribution in [1.29, 1.82) is 0 Å². The molecule has 1 aromatic carbocycles. The van der Waals surface area contributed by atoms with Crippen molar-refractivity contribution in [3.05, 3.63) is 30.1 Å². The fourth-order valence-corrected chi connectivity index (χ4v) is 3.34. The second kappa shape index (κ2) is 7.21. The third-order valence-corrected chi connectivity index (χ3v) is 4.64. The predicted octanol–water partition coefficient (Wildman–Crippen LogP) is 2.92. The molecule has 6 heteroatoms. The molecule has 1 N–H and O–H groups in total. The number of benzene rings is 1. The van der Waals surface area contributed by atoms with E-state index in [-0.39, 0.29) is 10.8 Å². The van der Waals surface area contributed by atoms with Crippen molar-refractivity contribution in [3.8, 4) is 0 Å². The summed E-state index contributed by atoms with van der Waals surface area (Å²) in [5, 5.41) is 0.840. The topological polar surface area (TPSA) is 46.2 Å². The predicted molar refractivity (Wildman–Crippen MR) is 73.8 cm³/mol. The van der Waals surface area contributed by atoms with E-state index in [1.54, 1.807) is 0 Å². The number of hydrogen-bond acceptors (Lipinski definition) is 2. The van der Waals surface area contributed by atoms with Crippen LogP contribution in [0.3, 0.4) is 0 Å². The highest BCUT2D eigenvalue weighted by molar-refractivity contribution is 9.09. The van der Waals surface area contributed by atoms with Crippen molar-refractivity contribution in [2.75, 3.05) is 11.9 Å². The first-order valence-corrected chi connectivity index (χ1v) is 8.41. The third-order valence-electron chi connectivity index (χ3n) is 2.76. The van der Waals surface area contributed by atoms with Gasteiger partial charge in [-0.25, -0.2) is 17.5 Å². The van der Waals surface area contributed by atoms with Crippen LogP contribution in [-0.2, 0) is 10.0 Å². The van der Waals surface area contributed by atoms with Gasteiger partial charge in [-0.1, -0.05) is 35.3 Å². The molecule has 0 amide bonds. The minimum Gasteiger partial charge on any atom is -0.211 e. The molecule has 0 heterocycles. The van der Waals surface area contributed by atoms with Gasteiger partial charge in [0.1, 0.15) is 5.82 Å². The van der Waals surface area contributed by atoms with E-state index in [9.17, 15) is 12.8 Å². The van der Waals surface area contributed by atoms with Gasteiger partial charge < -0.3 is 0 Å². The van der Waals surface area contributed by atoms with Crippen LogP contribution in [0.25, 0.3) is 0 Å². The quantitative estimate of drug-likeness (QED) is 0.777. The molecule has 0 aliphatic carbocycles. The van der Waals surface area contributed by atoms with Crippen LogP contribution in [0.15, 0.2) is 29.2 Å². The lowest BCUT2D eigenvalue weighted by molar-refractivity contribution is 0.483. The van der Waals surface area contributed by atoms with Crippen LogP contribution >= 0.6 is 15.9 Å². The maximum atomic E-state index is 13.0. The summed E-state index contributed by atoms with van der Waals surface area (Å²) in [6.45, 7) is 2.39. The Bertz CT molecular complexity index is 479. The van der Waals surface area contributed by atoms with E-state index in [0.29, 0.717) is 6.54 Å². The van der Waals surface area contributed by atoms with Crippen molar-refractivity contribution in [2.24, 2.45) is 5.92 Å². The zero-order valence-electron chi connectivity index (χ0n) is 10.2. The average molecular weight is 338 g/mol. The van der Waals surface area contributed by atoms with Gasteiger partial charge in [-0.05, 0) is 30.5 Å². The second-order valence-electron chi connectivity index (χ2n) is 4.06. The largest absolute Gasteiger partial charge is 0.240 e. The maximum absolute atomic E-state index is 13.0. The summed E-state index contributed by atoms with van der Waals surface area (Å²) in [5.41, 5.74) is 0. The third kappa shape index (κ3) is 4.66. The van der Waals surface area contributed by atoms with E-state index in [2.05, 4.69) is 20.7 Å². The molecular weight excluding hydrogens is 321 g/mol. The van der Waals surface area contributed by atoms with Crippen LogP contribution in [-0.4, -0.2) is 20.3 Å². The summed E-state index contributed by atoms with van der Waals surface area (Å²) in [6.07, 6.45) is 1.81. The van der Waals surface area contributed by atoms with Gasteiger partial charge in [0.2, 0.25) is 10.0 Å². The summed E-state index contributed by atoms with van der Waals surface area (Å²) in [5.74, 6) is -0.266. The van der Waals surface area contributed by atoms with Crippen molar-refractivity contribution in [3.63, 3.8) is 0 Å². The smallest absolute Gasteiger partial charge is 0.211 e. The average Bonchev–Trinajstić information content (AvgIpc) is 2.34. The van der Waals surface area contributed by atoms with E-state index >= 15 is 0 Å². The van der Waals surface area contributed by atoms with Gasteiger partial charge in [0, 0.05) is 11.9 Å². The second-order valence-corrected chi connectivity index (χ2v) is 6.62. The SMILES string of the molecule is CCC(CCBr)CNS(=O)(=O)c1cccc(F)c1. The Morgan fingerprint density at radius 2 is 2.17 bits per heavy atom. The number of sulfonamides is 1. The van der Waals surface area contributed by atoms with E-state index < -0.39 is 15.8 Å². The van der Waals surface area contributed by atoms with E-state index in [4.69, 9.17) is 0 Å². The van der Waals surface area contributed by atoms with Gasteiger partial charge in [-0.15, -0.1) is 0 Å². The molecule has 0 spiro atoms. The minimum atomic E-state index is -3.61. The number of halogens is 2. The van der Waals surface area contributed by atoms with E-state index in [1.165, 1.54) is 18.2 Å². The van der Waals surface area contributed by atoms with Crippen LogP contribution in [0.2, 0.25) is 0 Å². The van der Waals surface area contributed by atoms with Crippen LogP contribution in [0.1, 0.15) is 19.8 Å². The molecule has 0 saturated heterocycles. The summed E-state index contributed by atoms with van der Waals surface area (Å²) in [6, 6.07) is 5.02. The summed E-state index contributed by atoms with van der Waals surface area (Å²) in [7, 11) is -3.61. The van der Waals surface area contributed by atoms with Crippen LogP contribution < -0.4 is 4.72 Å². The normalized spacial score (nSPS) is 13.5. The molecule has 0 aliphatic rings. The summed E-state index contributed by atoms with van der Waals surface area (Å²) in [4.78, 5) is -0.0313. The van der Waals surface area contributed by atoms with Gasteiger partial charge in [0.25, 0.3) is 0 Å². The van der Waals surface area contributed by atoms with Gasteiger partial charge in [-0.3, -0.25) is 0 Å². The highest BCUT2D eigenvalue weighted by Crippen LogP contribution is 2.13. The summed E-state index contributed by atoms with van der Waals surface area (Å²) < 4.78 is 39.3. The highest BCUT2D eigenvalue weighted by atomic mass is 79.9. The lowest BCUT2D eigenvalue weighted by Gasteiger charge is -2.14. The molecule has 1 unspecified atom stereocenters. The first-order chi connectivity index (χ1) is 8.49. The van der Waals surface area contributed by atoms with Crippen LogP contribution in [0.4, 0.5) is 4.39 Å². The van der Waals surface area contributed by atoms with Crippen molar-refractivity contribution >= 4 is 26.0 Å². The zero-order chi connectivity index (χ0) is 13.6. The Balaban J connectivity index is 2.70. The molecule has 0 bridgehead atoms. The van der Waals surface area contributed by atoms with Gasteiger partial charge in [0.15, 0.2) is 0 Å². The molecular formula is C12H17BrFNO2S. The van der Waals surface area contributed by atoms with Gasteiger partial charge in [0.05, 0.1) is 4.90 Å². The molecule has 0 saturated carbocycles. The number of nitrogens with one attached hydrogen (secondary N) is 1. The highest BCUT2D eigenvalue weighted by Gasteiger charge is 2.16. The molecule has 1 aromatic rings. The Kier molecular flexibility index (Phi) is 6.25.